The highest BCUT2D eigenvalue weighted by Crippen LogP contribution is 2.32. The molecule has 1 unspecified atom stereocenters. The topological polar surface area (TPSA) is 195 Å². The number of esters is 6. The number of carbonyl (C=O) groups is 6. The van der Waals surface area contributed by atoms with Gasteiger partial charge in [0.05, 0.1) is 50.8 Å². The van der Waals surface area contributed by atoms with Crippen molar-refractivity contribution in [3.05, 3.63) is 145 Å². The fourth-order valence-electron chi connectivity index (χ4n) is 7.69. The third-order valence-electron chi connectivity index (χ3n) is 11.6. The summed E-state index contributed by atoms with van der Waals surface area (Å²) in [5.74, 6) is -0.778. The molecular formula is C56H62O16. The molecule has 6 rings (SSSR count). The Labute approximate surface area is 419 Å². The van der Waals surface area contributed by atoms with E-state index in [4.69, 9.17) is 47.4 Å². The van der Waals surface area contributed by atoms with E-state index >= 15 is 0 Å². The minimum atomic E-state index is -0.718. The van der Waals surface area contributed by atoms with E-state index in [0.29, 0.717) is 56.3 Å². The van der Waals surface area contributed by atoms with Crippen LogP contribution in [0.4, 0.5) is 0 Å². The van der Waals surface area contributed by atoms with Gasteiger partial charge in [-0.05, 0) is 148 Å². The van der Waals surface area contributed by atoms with Gasteiger partial charge in [-0.25, -0.2) is 19.2 Å². The van der Waals surface area contributed by atoms with Crippen LogP contribution in [0.5, 0.6) is 23.0 Å². The first kappa shape index (κ1) is 54.0. The van der Waals surface area contributed by atoms with Gasteiger partial charge in [-0.15, -0.1) is 0 Å². The van der Waals surface area contributed by atoms with Crippen LogP contribution in [0.3, 0.4) is 0 Å². The molecule has 2 fully saturated rings. The Hall–Kier alpha value is -7.30. The zero-order valence-corrected chi connectivity index (χ0v) is 40.4. The van der Waals surface area contributed by atoms with Gasteiger partial charge >= 0.3 is 35.8 Å². The molecule has 2 aliphatic rings. The Kier molecular flexibility index (Phi) is 21.9. The first-order chi connectivity index (χ1) is 35.1. The quantitative estimate of drug-likeness (QED) is 0.0158. The van der Waals surface area contributed by atoms with Gasteiger partial charge in [-0.1, -0.05) is 37.4 Å². The summed E-state index contributed by atoms with van der Waals surface area (Å²) < 4.78 is 55.7. The minimum Gasteiger partial charge on any atom is -0.494 e. The van der Waals surface area contributed by atoms with Crippen molar-refractivity contribution >= 4 is 35.8 Å². The molecule has 0 bridgehead atoms. The monoisotopic (exact) mass is 990 g/mol. The molecule has 4 aromatic carbocycles. The third-order valence-corrected chi connectivity index (χ3v) is 11.6. The lowest BCUT2D eigenvalue weighted by Crippen LogP contribution is -2.36. The average molecular weight is 991 g/mol. The molecule has 16 nitrogen and oxygen atoms in total. The van der Waals surface area contributed by atoms with Gasteiger partial charge < -0.3 is 47.4 Å². The maximum Gasteiger partial charge on any atom is 0.343 e. The van der Waals surface area contributed by atoms with Gasteiger partial charge in [0.25, 0.3) is 0 Å². The van der Waals surface area contributed by atoms with Gasteiger partial charge in [-0.2, -0.15) is 0 Å². The molecule has 0 N–H and O–H groups in total. The SMILES string of the molecule is C=CC(=O)OCCCCCCOc1ccc(CCC(=O)Oc2ccc(C(=O)OC3CO[C@@H]4[C@@H](OC(=O)CCc5ccc(OC(=O)c6ccc(OCCCCCCOC(=O)C=C)cc6)cc5)CO[C@H]34)cc2)cc1. The third kappa shape index (κ3) is 18.1. The fraction of sp³-hybridized carbons (Fsp3) is 0.393. The summed E-state index contributed by atoms with van der Waals surface area (Å²) in [5, 5.41) is 0. The van der Waals surface area contributed by atoms with Crippen LogP contribution in [0.25, 0.3) is 0 Å². The number of benzene rings is 4. The molecule has 2 heterocycles. The van der Waals surface area contributed by atoms with Crippen molar-refractivity contribution in [2.24, 2.45) is 0 Å². The normalized spacial score (nSPS) is 16.6. The predicted octanol–water partition coefficient (Wildman–Crippen LogP) is 8.65. The second-order valence-corrected chi connectivity index (χ2v) is 17.0. The van der Waals surface area contributed by atoms with Gasteiger partial charge in [0.1, 0.15) is 35.2 Å². The number of carbonyl (C=O) groups excluding carboxylic acids is 6. The summed E-state index contributed by atoms with van der Waals surface area (Å²) in [5.41, 5.74) is 2.41. The molecule has 0 radical (unpaired) electrons. The van der Waals surface area contributed by atoms with Crippen molar-refractivity contribution in [2.45, 2.75) is 101 Å². The van der Waals surface area contributed by atoms with Crippen molar-refractivity contribution in [2.75, 3.05) is 39.6 Å². The largest absolute Gasteiger partial charge is 0.494 e. The van der Waals surface area contributed by atoms with Crippen LogP contribution in [0.1, 0.15) is 96.1 Å². The summed E-state index contributed by atoms with van der Waals surface area (Å²) in [6.45, 7) is 8.76. The van der Waals surface area contributed by atoms with E-state index in [1.807, 2.05) is 24.3 Å². The molecule has 0 aliphatic carbocycles. The van der Waals surface area contributed by atoms with Crippen LogP contribution >= 0.6 is 0 Å². The number of hydrogen-bond donors (Lipinski definition) is 0. The smallest absolute Gasteiger partial charge is 0.343 e. The first-order valence-corrected chi connectivity index (χ1v) is 24.4. The molecular weight excluding hydrogens is 929 g/mol. The molecule has 0 spiro atoms. The summed E-state index contributed by atoms with van der Waals surface area (Å²) in [6.07, 6.45) is 7.84. The Morgan fingerprint density at radius 1 is 0.458 bits per heavy atom. The van der Waals surface area contributed by atoms with E-state index in [9.17, 15) is 28.8 Å². The summed E-state index contributed by atoms with van der Waals surface area (Å²) in [6, 6.07) is 27.2. The van der Waals surface area contributed by atoms with Crippen LogP contribution in [0, 0.1) is 0 Å². The van der Waals surface area contributed by atoms with E-state index in [2.05, 4.69) is 13.2 Å². The standard InChI is InChI=1S/C56H62O16/c1-3-49(57)65-35-11-7-5-9-33-63-43-23-13-39(14-24-43)17-31-51(59)69-45-29-21-42(22-30-45)56(62)72-48-38-68-53-47(37-67-54(48)53)71-52(60)32-18-40-15-25-46(26-16-40)70-55(61)41-19-27-44(28-20-41)64-34-10-6-8-12-36-66-50(58)4-2/h3-4,13-16,19-30,47-48,53-54H,1-2,5-12,17-18,31-38H2/t47-,48?,53+,54+/m0/s1. The number of fused-ring (bicyclic) bond motifs is 1. The number of ether oxygens (including phenoxy) is 10. The van der Waals surface area contributed by atoms with E-state index < -0.39 is 60.2 Å². The van der Waals surface area contributed by atoms with Crippen molar-refractivity contribution in [1.29, 1.82) is 0 Å². The molecule has 0 amide bonds. The summed E-state index contributed by atoms with van der Waals surface area (Å²) in [4.78, 5) is 73.5. The van der Waals surface area contributed by atoms with Crippen LogP contribution in [0.2, 0.25) is 0 Å². The highest BCUT2D eigenvalue weighted by molar-refractivity contribution is 5.91. The zero-order chi connectivity index (χ0) is 50.9. The van der Waals surface area contributed by atoms with E-state index in [-0.39, 0.29) is 37.4 Å². The molecule has 0 aromatic heterocycles. The van der Waals surface area contributed by atoms with Crippen LogP contribution < -0.4 is 18.9 Å². The van der Waals surface area contributed by atoms with Crippen LogP contribution in [-0.2, 0) is 60.4 Å². The number of hydrogen-bond acceptors (Lipinski definition) is 16. The number of unbranched alkanes of at least 4 members (excludes halogenated alkanes) is 6. The summed E-state index contributed by atoms with van der Waals surface area (Å²) in [7, 11) is 0. The molecule has 2 saturated heterocycles. The minimum absolute atomic E-state index is 0.0672. The highest BCUT2D eigenvalue weighted by Gasteiger charge is 2.51. The van der Waals surface area contributed by atoms with Crippen molar-refractivity contribution in [3.63, 3.8) is 0 Å². The number of aryl methyl sites for hydroxylation is 2. The van der Waals surface area contributed by atoms with Crippen LogP contribution in [0.15, 0.2) is 122 Å². The van der Waals surface area contributed by atoms with E-state index in [1.54, 1.807) is 48.5 Å². The molecule has 2 aliphatic heterocycles. The van der Waals surface area contributed by atoms with E-state index in [1.165, 1.54) is 24.3 Å². The molecule has 382 valence electrons. The Morgan fingerprint density at radius 2 is 0.861 bits per heavy atom. The van der Waals surface area contributed by atoms with Crippen molar-refractivity contribution in [3.8, 4) is 23.0 Å². The molecule has 72 heavy (non-hydrogen) atoms. The maximum absolute atomic E-state index is 13.1. The predicted molar refractivity (Wildman–Crippen MR) is 262 cm³/mol. The molecule has 4 aromatic rings. The van der Waals surface area contributed by atoms with Gasteiger partial charge in [0.15, 0.2) is 12.2 Å². The lowest BCUT2D eigenvalue weighted by atomic mass is 10.1. The van der Waals surface area contributed by atoms with Crippen LogP contribution in [-0.4, -0.2) is 99.9 Å². The fourth-order valence-corrected chi connectivity index (χ4v) is 7.69. The van der Waals surface area contributed by atoms with Crippen molar-refractivity contribution < 1.29 is 76.1 Å². The Balaban J connectivity index is 0.817. The highest BCUT2D eigenvalue weighted by atomic mass is 16.7. The summed E-state index contributed by atoms with van der Waals surface area (Å²) >= 11 is 0. The molecule has 0 saturated carbocycles. The second kappa shape index (κ2) is 29.1. The zero-order valence-electron chi connectivity index (χ0n) is 40.4. The Morgan fingerprint density at radius 3 is 1.36 bits per heavy atom. The second-order valence-electron chi connectivity index (χ2n) is 17.0. The van der Waals surface area contributed by atoms with Gasteiger partial charge in [0.2, 0.25) is 0 Å². The molecule has 4 atom stereocenters. The number of rotatable bonds is 30. The van der Waals surface area contributed by atoms with Gasteiger partial charge in [0, 0.05) is 25.0 Å². The molecule has 16 heteroatoms. The van der Waals surface area contributed by atoms with Crippen molar-refractivity contribution in [1.82, 2.24) is 0 Å². The van der Waals surface area contributed by atoms with E-state index in [0.717, 1.165) is 80.4 Å². The first-order valence-electron chi connectivity index (χ1n) is 24.4. The average Bonchev–Trinajstić information content (AvgIpc) is 3.99. The maximum atomic E-state index is 13.1. The lowest BCUT2D eigenvalue weighted by molar-refractivity contribution is -0.153. The Bertz CT molecular complexity index is 2400. The lowest BCUT2D eigenvalue weighted by Gasteiger charge is -2.17. The van der Waals surface area contributed by atoms with Gasteiger partial charge in [-0.3, -0.25) is 9.59 Å².